The fraction of sp³-hybridized carbons (Fsp3) is 0.583. The molecule has 1 unspecified atom stereocenters. The van der Waals surface area contributed by atoms with Crippen molar-refractivity contribution in [3.8, 4) is 0 Å². The van der Waals surface area contributed by atoms with Gasteiger partial charge in [0.25, 0.3) is 0 Å². The van der Waals surface area contributed by atoms with E-state index < -0.39 is 0 Å². The van der Waals surface area contributed by atoms with Gasteiger partial charge in [-0.15, -0.1) is 0 Å². The van der Waals surface area contributed by atoms with Crippen molar-refractivity contribution in [3.63, 3.8) is 0 Å². The Morgan fingerprint density at radius 3 is 2.80 bits per heavy atom. The van der Waals surface area contributed by atoms with Gasteiger partial charge in [0, 0.05) is 18.8 Å². The van der Waals surface area contributed by atoms with Gasteiger partial charge in [-0.05, 0) is 30.9 Å². The molecule has 0 bridgehead atoms. The van der Waals surface area contributed by atoms with Crippen LogP contribution < -0.4 is 11.1 Å². The van der Waals surface area contributed by atoms with Crippen molar-refractivity contribution in [2.75, 3.05) is 11.9 Å². The van der Waals surface area contributed by atoms with E-state index in [-0.39, 0.29) is 0 Å². The third-order valence-electron chi connectivity index (χ3n) is 3.22. The SMILES string of the molecule is NCC(Nc1ccccn1)C1CCCC1. The van der Waals surface area contributed by atoms with Crippen LogP contribution in [-0.4, -0.2) is 17.6 Å². The van der Waals surface area contributed by atoms with Gasteiger partial charge in [0.1, 0.15) is 5.82 Å². The van der Waals surface area contributed by atoms with E-state index in [1.165, 1.54) is 25.7 Å². The van der Waals surface area contributed by atoms with Gasteiger partial charge in [0.2, 0.25) is 0 Å². The molecule has 1 aromatic heterocycles. The lowest BCUT2D eigenvalue weighted by Gasteiger charge is -2.23. The van der Waals surface area contributed by atoms with Crippen LogP contribution in [0.5, 0.6) is 0 Å². The van der Waals surface area contributed by atoms with Crippen LogP contribution >= 0.6 is 0 Å². The van der Waals surface area contributed by atoms with E-state index in [1.807, 2.05) is 24.4 Å². The first-order valence-corrected chi connectivity index (χ1v) is 5.78. The van der Waals surface area contributed by atoms with E-state index in [0.29, 0.717) is 12.6 Å². The molecule has 0 amide bonds. The first kappa shape index (κ1) is 10.4. The molecule has 1 aliphatic rings. The van der Waals surface area contributed by atoms with Crippen molar-refractivity contribution in [2.24, 2.45) is 11.7 Å². The maximum Gasteiger partial charge on any atom is 0.126 e. The fourth-order valence-corrected chi connectivity index (χ4v) is 2.37. The Morgan fingerprint density at radius 1 is 1.40 bits per heavy atom. The number of rotatable bonds is 4. The number of pyridine rings is 1. The quantitative estimate of drug-likeness (QED) is 0.790. The van der Waals surface area contributed by atoms with Crippen LogP contribution in [0.2, 0.25) is 0 Å². The Labute approximate surface area is 91.1 Å². The predicted octanol–water partition coefficient (Wildman–Crippen LogP) is 2.01. The molecule has 3 N–H and O–H groups in total. The van der Waals surface area contributed by atoms with Crippen LogP contribution in [0.4, 0.5) is 5.82 Å². The molecule has 0 aromatic carbocycles. The zero-order valence-electron chi connectivity index (χ0n) is 9.02. The fourth-order valence-electron chi connectivity index (χ4n) is 2.37. The van der Waals surface area contributed by atoms with Gasteiger partial charge < -0.3 is 11.1 Å². The Morgan fingerprint density at radius 2 is 2.20 bits per heavy atom. The minimum absolute atomic E-state index is 0.391. The molecule has 1 aliphatic carbocycles. The summed E-state index contributed by atoms with van der Waals surface area (Å²) < 4.78 is 0. The van der Waals surface area contributed by atoms with Crippen molar-refractivity contribution in [3.05, 3.63) is 24.4 Å². The Kier molecular flexibility index (Phi) is 3.56. The lowest BCUT2D eigenvalue weighted by Crippen LogP contribution is -2.35. The van der Waals surface area contributed by atoms with Gasteiger partial charge in [0.15, 0.2) is 0 Å². The summed E-state index contributed by atoms with van der Waals surface area (Å²) in [5.41, 5.74) is 5.81. The number of hydrogen-bond acceptors (Lipinski definition) is 3. The van der Waals surface area contributed by atoms with Crippen molar-refractivity contribution in [2.45, 2.75) is 31.7 Å². The van der Waals surface area contributed by atoms with Crippen molar-refractivity contribution in [1.29, 1.82) is 0 Å². The van der Waals surface area contributed by atoms with Crippen LogP contribution in [0.25, 0.3) is 0 Å². The second-order valence-electron chi connectivity index (χ2n) is 4.25. The van der Waals surface area contributed by atoms with Crippen LogP contribution in [-0.2, 0) is 0 Å². The maximum absolute atomic E-state index is 5.81. The van der Waals surface area contributed by atoms with Crippen LogP contribution in [0.3, 0.4) is 0 Å². The molecule has 0 aliphatic heterocycles. The van der Waals surface area contributed by atoms with E-state index >= 15 is 0 Å². The number of nitrogens with two attached hydrogens (primary N) is 1. The summed E-state index contributed by atoms with van der Waals surface area (Å²) >= 11 is 0. The van der Waals surface area contributed by atoms with Gasteiger partial charge in [0.05, 0.1) is 0 Å². The molecule has 0 saturated heterocycles. The average Bonchev–Trinajstić information content (AvgIpc) is 2.81. The molecule has 15 heavy (non-hydrogen) atoms. The van der Waals surface area contributed by atoms with Crippen LogP contribution in [0.15, 0.2) is 24.4 Å². The number of nitrogens with one attached hydrogen (secondary N) is 1. The zero-order chi connectivity index (χ0) is 10.5. The molecular formula is C12H19N3. The molecule has 3 nitrogen and oxygen atoms in total. The average molecular weight is 205 g/mol. The number of nitrogens with zero attached hydrogens (tertiary/aromatic N) is 1. The van der Waals surface area contributed by atoms with E-state index in [1.54, 1.807) is 0 Å². The normalized spacial score (nSPS) is 19.0. The molecule has 0 radical (unpaired) electrons. The third-order valence-corrected chi connectivity index (χ3v) is 3.22. The largest absolute Gasteiger partial charge is 0.366 e. The summed E-state index contributed by atoms with van der Waals surface area (Å²) in [7, 11) is 0. The maximum atomic E-state index is 5.81. The smallest absolute Gasteiger partial charge is 0.126 e. The summed E-state index contributed by atoms with van der Waals surface area (Å²) in [6.07, 6.45) is 7.13. The molecule has 1 atom stereocenters. The highest BCUT2D eigenvalue weighted by atomic mass is 15.0. The van der Waals surface area contributed by atoms with Crippen LogP contribution in [0, 0.1) is 5.92 Å². The molecule has 1 saturated carbocycles. The number of hydrogen-bond donors (Lipinski definition) is 2. The van der Waals surface area contributed by atoms with Gasteiger partial charge in [-0.2, -0.15) is 0 Å². The molecule has 0 spiro atoms. The summed E-state index contributed by atoms with van der Waals surface area (Å²) in [6, 6.07) is 6.32. The van der Waals surface area contributed by atoms with E-state index in [4.69, 9.17) is 5.73 Å². The lowest BCUT2D eigenvalue weighted by atomic mass is 9.98. The predicted molar refractivity (Wildman–Crippen MR) is 62.7 cm³/mol. The molecule has 1 aromatic rings. The second-order valence-corrected chi connectivity index (χ2v) is 4.25. The molecule has 2 rings (SSSR count). The monoisotopic (exact) mass is 205 g/mol. The number of anilines is 1. The van der Waals surface area contributed by atoms with Gasteiger partial charge in [-0.3, -0.25) is 0 Å². The first-order valence-electron chi connectivity index (χ1n) is 5.78. The topological polar surface area (TPSA) is 50.9 Å². The second kappa shape index (κ2) is 5.12. The molecule has 1 heterocycles. The standard InChI is InChI=1S/C12H19N3/c13-9-11(10-5-1-2-6-10)15-12-7-3-4-8-14-12/h3-4,7-8,10-11H,1-2,5-6,9,13H2,(H,14,15). The lowest BCUT2D eigenvalue weighted by molar-refractivity contribution is 0.461. The van der Waals surface area contributed by atoms with Crippen LogP contribution in [0.1, 0.15) is 25.7 Å². The molecule has 3 heteroatoms. The Bertz CT molecular complexity index is 280. The summed E-state index contributed by atoms with van der Waals surface area (Å²) in [6.45, 7) is 0.696. The van der Waals surface area contributed by atoms with E-state index in [0.717, 1.165) is 11.7 Å². The highest BCUT2D eigenvalue weighted by molar-refractivity contribution is 5.34. The Balaban J connectivity index is 1.96. The summed E-state index contributed by atoms with van der Waals surface area (Å²) in [4.78, 5) is 4.27. The van der Waals surface area contributed by atoms with Gasteiger partial charge in [-0.1, -0.05) is 18.9 Å². The van der Waals surface area contributed by atoms with Gasteiger partial charge >= 0.3 is 0 Å². The highest BCUT2D eigenvalue weighted by Crippen LogP contribution is 2.28. The van der Waals surface area contributed by atoms with Crippen molar-refractivity contribution >= 4 is 5.82 Å². The minimum atomic E-state index is 0.391. The highest BCUT2D eigenvalue weighted by Gasteiger charge is 2.23. The van der Waals surface area contributed by atoms with E-state index in [9.17, 15) is 0 Å². The zero-order valence-corrected chi connectivity index (χ0v) is 9.02. The molecular weight excluding hydrogens is 186 g/mol. The molecule has 82 valence electrons. The third kappa shape index (κ3) is 2.69. The molecule has 1 fully saturated rings. The first-order chi connectivity index (χ1) is 7.40. The van der Waals surface area contributed by atoms with Crippen molar-refractivity contribution in [1.82, 2.24) is 4.98 Å². The Hall–Kier alpha value is -1.09. The minimum Gasteiger partial charge on any atom is -0.366 e. The number of aromatic nitrogens is 1. The van der Waals surface area contributed by atoms with E-state index in [2.05, 4.69) is 10.3 Å². The summed E-state index contributed by atoms with van der Waals surface area (Å²) in [5.74, 6) is 1.68. The van der Waals surface area contributed by atoms with Crippen molar-refractivity contribution < 1.29 is 0 Å². The van der Waals surface area contributed by atoms with Gasteiger partial charge in [-0.25, -0.2) is 4.98 Å². The summed E-state index contributed by atoms with van der Waals surface area (Å²) in [5, 5.41) is 3.43.